The van der Waals surface area contributed by atoms with E-state index in [9.17, 15) is 4.79 Å². The van der Waals surface area contributed by atoms with Crippen molar-refractivity contribution in [1.82, 2.24) is 20.3 Å². The largest absolute Gasteiger partial charge is 0.368 e. The van der Waals surface area contributed by atoms with Gasteiger partial charge in [-0.25, -0.2) is 9.97 Å². The normalized spacial score (nSPS) is 17.5. The number of piperazine rings is 1. The minimum atomic E-state index is -0.0365. The Labute approximate surface area is 165 Å². The predicted molar refractivity (Wildman–Crippen MR) is 111 cm³/mol. The maximum atomic E-state index is 11.9. The molecule has 2 fully saturated rings. The summed E-state index contributed by atoms with van der Waals surface area (Å²) in [6.07, 6.45) is 8.11. The summed E-state index contributed by atoms with van der Waals surface area (Å²) in [7, 11) is 0. The summed E-state index contributed by atoms with van der Waals surface area (Å²) in [5.74, 6) is 1.69. The molecule has 28 heavy (non-hydrogen) atoms. The van der Waals surface area contributed by atoms with Crippen molar-refractivity contribution >= 4 is 29.1 Å². The van der Waals surface area contributed by atoms with Crippen LogP contribution in [0.5, 0.6) is 0 Å². The number of rotatable bonds is 6. The third kappa shape index (κ3) is 4.39. The van der Waals surface area contributed by atoms with Crippen molar-refractivity contribution in [2.75, 3.05) is 41.7 Å². The monoisotopic (exact) mass is 381 g/mol. The standard InChI is InChI=1S/C20H27N7O/c1-14(28)17-13-23-20(26-19(17)24-15-4-2-3-5-15)25-18-7-6-16(12-22-18)27-10-8-21-9-11-27/h6-7,12-13,15,21H,2-5,8-11H2,1H3,(H2,22,23,24,25,26). The van der Waals surface area contributed by atoms with Gasteiger partial charge in [-0.15, -0.1) is 0 Å². The Morgan fingerprint density at radius 1 is 1.14 bits per heavy atom. The molecule has 2 aliphatic rings. The summed E-state index contributed by atoms with van der Waals surface area (Å²) in [5.41, 5.74) is 1.64. The Bertz CT molecular complexity index is 812. The van der Waals surface area contributed by atoms with Gasteiger partial charge in [-0.05, 0) is 31.9 Å². The van der Waals surface area contributed by atoms with Crippen LogP contribution in [0.25, 0.3) is 0 Å². The van der Waals surface area contributed by atoms with Gasteiger partial charge in [-0.2, -0.15) is 4.98 Å². The number of Topliss-reactive ketones (excluding diaryl/α,β-unsaturated/α-hetero) is 1. The van der Waals surface area contributed by atoms with Gasteiger partial charge in [0.2, 0.25) is 5.95 Å². The van der Waals surface area contributed by atoms with E-state index in [1.54, 1.807) is 13.1 Å². The van der Waals surface area contributed by atoms with E-state index >= 15 is 0 Å². The third-order valence-electron chi connectivity index (χ3n) is 5.33. The van der Waals surface area contributed by atoms with Gasteiger partial charge < -0.3 is 20.9 Å². The number of nitrogens with zero attached hydrogens (tertiary/aromatic N) is 4. The first-order valence-electron chi connectivity index (χ1n) is 10.0. The molecule has 2 aromatic rings. The van der Waals surface area contributed by atoms with Crippen LogP contribution < -0.4 is 20.9 Å². The van der Waals surface area contributed by atoms with Crippen molar-refractivity contribution in [2.24, 2.45) is 0 Å². The molecule has 0 aromatic carbocycles. The quantitative estimate of drug-likeness (QED) is 0.657. The molecule has 8 heteroatoms. The van der Waals surface area contributed by atoms with Crippen LogP contribution >= 0.6 is 0 Å². The number of nitrogens with one attached hydrogen (secondary N) is 3. The molecule has 148 valence electrons. The van der Waals surface area contributed by atoms with Crippen LogP contribution in [0.1, 0.15) is 43.0 Å². The van der Waals surface area contributed by atoms with Gasteiger partial charge in [0.15, 0.2) is 5.78 Å². The molecule has 1 aliphatic heterocycles. The van der Waals surface area contributed by atoms with E-state index in [0.717, 1.165) is 44.7 Å². The predicted octanol–water partition coefficient (Wildman–Crippen LogP) is 2.58. The van der Waals surface area contributed by atoms with E-state index < -0.39 is 0 Å². The molecule has 0 amide bonds. The van der Waals surface area contributed by atoms with Gasteiger partial charge >= 0.3 is 0 Å². The molecule has 0 radical (unpaired) electrons. The number of ketones is 1. The number of hydrogen-bond donors (Lipinski definition) is 3. The van der Waals surface area contributed by atoms with Crippen LogP contribution in [-0.4, -0.2) is 53.0 Å². The molecule has 0 atom stereocenters. The number of aromatic nitrogens is 3. The van der Waals surface area contributed by atoms with Crippen molar-refractivity contribution < 1.29 is 4.79 Å². The molecule has 3 N–H and O–H groups in total. The van der Waals surface area contributed by atoms with Crippen molar-refractivity contribution in [3.8, 4) is 0 Å². The Morgan fingerprint density at radius 3 is 2.61 bits per heavy atom. The number of anilines is 4. The Kier molecular flexibility index (Phi) is 5.66. The molecule has 4 rings (SSSR count). The second kappa shape index (κ2) is 8.52. The highest BCUT2D eigenvalue weighted by Crippen LogP contribution is 2.25. The summed E-state index contributed by atoms with van der Waals surface area (Å²) in [6, 6.07) is 4.36. The molecule has 0 unspecified atom stereocenters. The first-order chi connectivity index (χ1) is 13.7. The number of pyridine rings is 1. The second-order valence-corrected chi connectivity index (χ2v) is 7.40. The van der Waals surface area contributed by atoms with E-state index in [0.29, 0.717) is 29.2 Å². The van der Waals surface area contributed by atoms with Crippen LogP contribution in [0.4, 0.5) is 23.3 Å². The summed E-state index contributed by atoms with van der Waals surface area (Å²) in [4.78, 5) is 27.6. The maximum absolute atomic E-state index is 11.9. The van der Waals surface area contributed by atoms with E-state index in [1.165, 1.54) is 12.8 Å². The first-order valence-corrected chi connectivity index (χ1v) is 10.0. The van der Waals surface area contributed by atoms with Crippen molar-refractivity contribution in [1.29, 1.82) is 0 Å². The van der Waals surface area contributed by atoms with Gasteiger partial charge in [0.1, 0.15) is 11.6 Å². The molecule has 8 nitrogen and oxygen atoms in total. The minimum absolute atomic E-state index is 0.0365. The fourth-order valence-corrected chi connectivity index (χ4v) is 3.76. The van der Waals surface area contributed by atoms with Gasteiger partial charge in [-0.3, -0.25) is 4.79 Å². The molecule has 1 aliphatic carbocycles. The SMILES string of the molecule is CC(=O)c1cnc(Nc2ccc(N3CCNCC3)cn2)nc1NC1CCCC1. The average Bonchev–Trinajstić information content (AvgIpc) is 3.22. The smallest absolute Gasteiger partial charge is 0.230 e. The van der Waals surface area contributed by atoms with Crippen molar-refractivity contribution in [3.05, 3.63) is 30.1 Å². The fraction of sp³-hybridized carbons (Fsp3) is 0.500. The van der Waals surface area contributed by atoms with Crippen LogP contribution in [0.3, 0.4) is 0 Å². The zero-order valence-electron chi connectivity index (χ0n) is 16.2. The topological polar surface area (TPSA) is 95.1 Å². The number of carbonyl (C=O) groups excluding carboxylic acids is 1. The van der Waals surface area contributed by atoms with Crippen LogP contribution in [-0.2, 0) is 0 Å². The molecule has 2 aromatic heterocycles. The Balaban J connectivity index is 1.48. The average molecular weight is 381 g/mol. The van der Waals surface area contributed by atoms with Crippen LogP contribution in [0.2, 0.25) is 0 Å². The van der Waals surface area contributed by atoms with Gasteiger partial charge in [-0.1, -0.05) is 12.8 Å². The second-order valence-electron chi connectivity index (χ2n) is 7.40. The van der Waals surface area contributed by atoms with Crippen LogP contribution in [0.15, 0.2) is 24.5 Å². The minimum Gasteiger partial charge on any atom is -0.368 e. The lowest BCUT2D eigenvalue weighted by Gasteiger charge is -2.29. The Hall–Kier alpha value is -2.74. The lowest BCUT2D eigenvalue weighted by Crippen LogP contribution is -2.43. The number of hydrogen-bond acceptors (Lipinski definition) is 8. The highest BCUT2D eigenvalue weighted by molar-refractivity contribution is 5.98. The van der Waals surface area contributed by atoms with Gasteiger partial charge in [0.05, 0.1) is 17.4 Å². The molecule has 1 saturated carbocycles. The first kappa shape index (κ1) is 18.6. The van der Waals surface area contributed by atoms with Gasteiger partial charge in [0.25, 0.3) is 0 Å². The summed E-state index contributed by atoms with van der Waals surface area (Å²) in [5, 5.41) is 9.93. The van der Waals surface area contributed by atoms with E-state index in [2.05, 4.69) is 41.9 Å². The lowest BCUT2D eigenvalue weighted by atomic mass is 10.2. The van der Waals surface area contributed by atoms with Crippen LogP contribution in [0, 0.1) is 0 Å². The zero-order valence-corrected chi connectivity index (χ0v) is 16.2. The Morgan fingerprint density at radius 2 is 1.93 bits per heavy atom. The highest BCUT2D eigenvalue weighted by atomic mass is 16.1. The molecular formula is C20H27N7O. The van der Waals surface area contributed by atoms with E-state index in [-0.39, 0.29) is 5.78 Å². The van der Waals surface area contributed by atoms with Crippen molar-refractivity contribution in [3.63, 3.8) is 0 Å². The molecule has 0 spiro atoms. The molecule has 1 saturated heterocycles. The summed E-state index contributed by atoms with van der Waals surface area (Å²) in [6.45, 7) is 5.50. The van der Waals surface area contributed by atoms with Crippen molar-refractivity contribution in [2.45, 2.75) is 38.6 Å². The summed E-state index contributed by atoms with van der Waals surface area (Å²) < 4.78 is 0. The summed E-state index contributed by atoms with van der Waals surface area (Å²) >= 11 is 0. The van der Waals surface area contributed by atoms with E-state index in [1.807, 2.05) is 12.3 Å². The molecule has 0 bridgehead atoms. The van der Waals surface area contributed by atoms with E-state index in [4.69, 9.17) is 0 Å². The zero-order chi connectivity index (χ0) is 19.3. The number of carbonyl (C=O) groups is 1. The lowest BCUT2D eigenvalue weighted by molar-refractivity contribution is 0.101. The fourth-order valence-electron chi connectivity index (χ4n) is 3.76. The third-order valence-corrected chi connectivity index (χ3v) is 5.33. The molecular weight excluding hydrogens is 354 g/mol. The highest BCUT2D eigenvalue weighted by Gasteiger charge is 2.19. The van der Waals surface area contributed by atoms with Gasteiger partial charge in [0, 0.05) is 38.4 Å². The molecule has 3 heterocycles. The maximum Gasteiger partial charge on any atom is 0.230 e.